The molecule has 1 N–H and O–H groups in total. The number of rotatable bonds is 8. The van der Waals surface area contributed by atoms with Crippen LogP contribution < -0.4 is 10.1 Å². The summed E-state index contributed by atoms with van der Waals surface area (Å²) in [6, 6.07) is 10.2. The number of aryl methyl sites for hydroxylation is 1. The maximum Gasteiger partial charge on any atom is 0.337 e. The van der Waals surface area contributed by atoms with E-state index in [2.05, 4.69) is 56.1 Å². The van der Waals surface area contributed by atoms with Gasteiger partial charge in [-0.05, 0) is 60.2 Å². The van der Waals surface area contributed by atoms with Gasteiger partial charge in [0.05, 0.1) is 19.8 Å². The van der Waals surface area contributed by atoms with Crippen molar-refractivity contribution in [1.82, 2.24) is 10.2 Å². The molecule has 0 radical (unpaired) electrons. The zero-order valence-corrected chi connectivity index (χ0v) is 20.9. The van der Waals surface area contributed by atoms with Gasteiger partial charge in [-0.25, -0.2) is 4.79 Å². The summed E-state index contributed by atoms with van der Waals surface area (Å²) < 4.78 is 10.7. The fraction of sp³-hybridized carbons (Fsp3) is 0.464. The predicted molar refractivity (Wildman–Crippen MR) is 135 cm³/mol. The van der Waals surface area contributed by atoms with Crippen molar-refractivity contribution in [3.05, 3.63) is 69.8 Å². The van der Waals surface area contributed by atoms with E-state index in [4.69, 9.17) is 9.47 Å². The van der Waals surface area contributed by atoms with Crippen molar-refractivity contribution in [2.75, 3.05) is 33.9 Å². The van der Waals surface area contributed by atoms with Gasteiger partial charge >= 0.3 is 5.97 Å². The highest BCUT2D eigenvalue weighted by atomic mass is 16.5. The van der Waals surface area contributed by atoms with Crippen molar-refractivity contribution in [3.63, 3.8) is 0 Å². The molecule has 0 amide bonds. The van der Waals surface area contributed by atoms with Gasteiger partial charge in [0.1, 0.15) is 5.75 Å². The monoisotopic (exact) mass is 450 g/mol. The van der Waals surface area contributed by atoms with E-state index in [0.717, 1.165) is 38.3 Å². The number of methoxy groups -OCH3 is 2. The number of ether oxygens (including phenoxy) is 2. The Morgan fingerprint density at radius 3 is 2.61 bits per heavy atom. The highest BCUT2D eigenvalue weighted by molar-refractivity contribution is 5.89. The number of allylic oxidation sites excluding steroid dienone is 1. The number of hydrogen-bond donors (Lipinski definition) is 1. The summed E-state index contributed by atoms with van der Waals surface area (Å²) in [7, 11) is 3.17. The molecule has 3 rings (SSSR count). The molecule has 1 fully saturated rings. The molecule has 1 heterocycles. The fourth-order valence-electron chi connectivity index (χ4n) is 4.36. The minimum atomic E-state index is -0.308. The molecule has 178 valence electrons. The molecule has 1 aliphatic heterocycles. The van der Waals surface area contributed by atoms with Gasteiger partial charge in [0.25, 0.3) is 0 Å². The first-order chi connectivity index (χ1) is 15.9. The van der Waals surface area contributed by atoms with Crippen LogP contribution in [0.3, 0.4) is 0 Å². The van der Waals surface area contributed by atoms with E-state index in [1.807, 2.05) is 24.3 Å². The van der Waals surface area contributed by atoms with Crippen LogP contribution in [0.2, 0.25) is 0 Å². The maximum atomic E-state index is 11.8. The number of hydrogen-bond acceptors (Lipinski definition) is 5. The van der Waals surface area contributed by atoms with Gasteiger partial charge in [0, 0.05) is 37.8 Å². The van der Waals surface area contributed by atoms with Crippen molar-refractivity contribution in [2.45, 2.75) is 46.7 Å². The average molecular weight is 451 g/mol. The van der Waals surface area contributed by atoms with E-state index in [-0.39, 0.29) is 12.0 Å². The lowest BCUT2D eigenvalue weighted by Gasteiger charge is -2.37. The third-order valence-corrected chi connectivity index (χ3v) is 6.85. The zero-order valence-electron chi connectivity index (χ0n) is 20.9. The minimum Gasteiger partial charge on any atom is -0.496 e. The first-order valence-electron chi connectivity index (χ1n) is 11.9. The lowest BCUT2D eigenvalue weighted by atomic mass is 9.93. The molecule has 5 heteroatoms. The van der Waals surface area contributed by atoms with Crippen LogP contribution in [-0.2, 0) is 11.3 Å². The van der Waals surface area contributed by atoms with E-state index in [1.165, 1.54) is 34.9 Å². The smallest absolute Gasteiger partial charge is 0.337 e. The number of carbonyl (C=O) groups is 1. The van der Waals surface area contributed by atoms with Crippen LogP contribution in [0, 0.1) is 19.8 Å². The van der Waals surface area contributed by atoms with E-state index in [9.17, 15) is 4.79 Å². The number of benzene rings is 2. The first-order valence-corrected chi connectivity index (χ1v) is 11.9. The van der Waals surface area contributed by atoms with E-state index < -0.39 is 0 Å². The van der Waals surface area contributed by atoms with Crippen LogP contribution in [0.5, 0.6) is 5.75 Å². The van der Waals surface area contributed by atoms with Crippen LogP contribution >= 0.6 is 0 Å². The predicted octanol–water partition coefficient (Wildman–Crippen LogP) is 5.30. The molecular weight excluding hydrogens is 412 g/mol. The molecule has 2 unspecified atom stereocenters. The van der Waals surface area contributed by atoms with Gasteiger partial charge in [-0.1, -0.05) is 44.6 Å². The molecule has 2 aromatic carbocycles. The Bertz CT molecular complexity index is 982. The van der Waals surface area contributed by atoms with Crippen LogP contribution in [0.4, 0.5) is 0 Å². The molecule has 0 spiro atoms. The topological polar surface area (TPSA) is 50.8 Å². The minimum absolute atomic E-state index is 0.211. The van der Waals surface area contributed by atoms with Crippen LogP contribution in [0.15, 0.2) is 36.4 Å². The Balaban J connectivity index is 1.96. The summed E-state index contributed by atoms with van der Waals surface area (Å²) in [5.74, 6) is 1.17. The van der Waals surface area contributed by atoms with E-state index in [1.54, 1.807) is 7.11 Å². The lowest BCUT2D eigenvalue weighted by molar-refractivity contribution is 0.0600. The Morgan fingerprint density at radius 2 is 1.97 bits per heavy atom. The third-order valence-electron chi connectivity index (χ3n) is 6.85. The summed E-state index contributed by atoms with van der Waals surface area (Å²) in [5, 5.41) is 3.53. The molecule has 0 aliphatic carbocycles. The summed E-state index contributed by atoms with van der Waals surface area (Å²) >= 11 is 0. The molecular formula is C28H38N2O3. The molecule has 0 aromatic heterocycles. The highest BCUT2D eigenvalue weighted by Gasteiger charge is 2.26. The summed E-state index contributed by atoms with van der Waals surface area (Å²) in [5.41, 5.74) is 6.82. The highest BCUT2D eigenvalue weighted by Crippen LogP contribution is 2.34. The van der Waals surface area contributed by atoms with E-state index in [0.29, 0.717) is 11.5 Å². The number of esters is 1. The standard InChI is InChI=1S/C28H38N2O3/c1-7-19(2)8-13-24-21(4)20(3)16-27(32-5)25(24)18-30-15-14-29-17-26(30)22-9-11-23(12-10-22)28(31)33-6/h8-13,16,19,26,29H,7,14-15,17-18H2,1-6H3/b13-8-. The van der Waals surface area contributed by atoms with Crippen molar-refractivity contribution < 1.29 is 14.3 Å². The Hall–Kier alpha value is -2.63. The molecule has 33 heavy (non-hydrogen) atoms. The van der Waals surface area contributed by atoms with Crippen LogP contribution in [-0.4, -0.2) is 44.7 Å². The molecule has 0 saturated carbocycles. The summed E-state index contributed by atoms with van der Waals surface area (Å²) in [6.07, 6.45) is 5.72. The SMILES string of the molecule is CCC(C)/C=C\c1c(C)c(C)cc(OC)c1CN1CCNCC1c1ccc(C(=O)OC)cc1. The van der Waals surface area contributed by atoms with Crippen molar-refractivity contribution in [1.29, 1.82) is 0 Å². The molecule has 0 bridgehead atoms. The normalized spacial score (nSPS) is 17.8. The average Bonchev–Trinajstić information content (AvgIpc) is 2.85. The second kappa shape index (κ2) is 11.5. The molecule has 2 aromatic rings. The van der Waals surface area contributed by atoms with Gasteiger partial charge in [-0.2, -0.15) is 0 Å². The van der Waals surface area contributed by atoms with Gasteiger partial charge in [-0.15, -0.1) is 0 Å². The third kappa shape index (κ3) is 5.84. The number of piperazine rings is 1. The number of nitrogens with zero attached hydrogens (tertiary/aromatic N) is 1. The fourth-order valence-corrected chi connectivity index (χ4v) is 4.36. The van der Waals surface area contributed by atoms with Gasteiger partial charge in [0.2, 0.25) is 0 Å². The Kier molecular flexibility index (Phi) is 8.70. The van der Waals surface area contributed by atoms with Crippen molar-refractivity contribution in [2.24, 2.45) is 5.92 Å². The lowest BCUT2D eigenvalue weighted by Crippen LogP contribution is -2.45. The summed E-state index contributed by atoms with van der Waals surface area (Å²) in [4.78, 5) is 14.4. The quantitative estimate of drug-likeness (QED) is 0.553. The molecule has 1 aliphatic rings. The Morgan fingerprint density at radius 1 is 1.24 bits per heavy atom. The molecule has 1 saturated heterocycles. The molecule has 2 atom stereocenters. The Labute approximate surface area is 198 Å². The summed E-state index contributed by atoms with van der Waals surface area (Å²) in [6.45, 7) is 12.4. The van der Waals surface area contributed by atoms with Gasteiger partial charge in [-0.3, -0.25) is 4.90 Å². The largest absolute Gasteiger partial charge is 0.496 e. The van der Waals surface area contributed by atoms with Crippen LogP contribution in [0.25, 0.3) is 6.08 Å². The molecule has 5 nitrogen and oxygen atoms in total. The number of nitrogens with one attached hydrogen (secondary N) is 1. The van der Waals surface area contributed by atoms with Crippen molar-refractivity contribution in [3.8, 4) is 5.75 Å². The van der Waals surface area contributed by atoms with Crippen molar-refractivity contribution >= 4 is 12.0 Å². The zero-order chi connectivity index (χ0) is 24.0. The second-order valence-electron chi connectivity index (χ2n) is 8.96. The first kappa shape index (κ1) is 25.0. The van der Waals surface area contributed by atoms with E-state index >= 15 is 0 Å². The van der Waals surface area contributed by atoms with Gasteiger partial charge in [0.15, 0.2) is 0 Å². The van der Waals surface area contributed by atoms with Crippen LogP contribution in [0.1, 0.15) is 64.5 Å². The second-order valence-corrected chi connectivity index (χ2v) is 8.96. The van der Waals surface area contributed by atoms with Gasteiger partial charge < -0.3 is 14.8 Å². The maximum absolute atomic E-state index is 11.8. The number of carbonyl (C=O) groups excluding carboxylic acids is 1.